The van der Waals surface area contributed by atoms with Gasteiger partial charge in [-0.15, -0.1) is 0 Å². The Bertz CT molecular complexity index is 844. The third-order valence-electron chi connectivity index (χ3n) is 2.84. The number of aromatic nitrogens is 2. The largest absolute Gasteiger partial charge is 0.506 e. The van der Waals surface area contributed by atoms with Crippen molar-refractivity contribution in [3.8, 4) is 11.4 Å². The zero-order valence-electron chi connectivity index (χ0n) is 10.8. The summed E-state index contributed by atoms with van der Waals surface area (Å²) in [7, 11) is 0.722. The van der Waals surface area contributed by atoms with E-state index < -0.39 is 46.2 Å². The van der Waals surface area contributed by atoms with Crippen molar-refractivity contribution in [3.63, 3.8) is 0 Å². The van der Waals surface area contributed by atoms with E-state index in [0.717, 1.165) is 7.05 Å². The number of phenolic OH excluding ortho intramolecular Hbond substituents is 1. The van der Waals surface area contributed by atoms with Gasteiger partial charge in [0, 0.05) is 25.2 Å². The minimum Gasteiger partial charge on any atom is -0.506 e. The average Bonchev–Trinajstić information content (AvgIpc) is 2.35. The Balaban J connectivity index is 2.89. The first kappa shape index (κ1) is 15.7. The van der Waals surface area contributed by atoms with Crippen molar-refractivity contribution in [3.05, 3.63) is 56.4 Å². The van der Waals surface area contributed by atoms with E-state index in [1.165, 1.54) is 0 Å². The number of halogens is 5. The zero-order valence-corrected chi connectivity index (χ0v) is 10.8. The third kappa shape index (κ3) is 2.47. The topological polar surface area (TPSA) is 64.2 Å². The summed E-state index contributed by atoms with van der Waals surface area (Å²) in [6, 6.07) is 0.768. The van der Waals surface area contributed by atoms with E-state index in [1.807, 2.05) is 0 Å². The third-order valence-corrected chi connectivity index (χ3v) is 2.84. The Morgan fingerprint density at radius 2 is 1.68 bits per heavy atom. The highest BCUT2D eigenvalue weighted by Gasteiger charge is 2.35. The van der Waals surface area contributed by atoms with Gasteiger partial charge in [0.15, 0.2) is 5.82 Å². The number of rotatable bonds is 1. The maximum Gasteiger partial charge on any atom is 0.431 e. The van der Waals surface area contributed by atoms with Crippen molar-refractivity contribution in [2.45, 2.75) is 6.18 Å². The first-order valence-corrected chi connectivity index (χ1v) is 5.62. The van der Waals surface area contributed by atoms with E-state index in [4.69, 9.17) is 0 Å². The van der Waals surface area contributed by atoms with Crippen LogP contribution in [0.15, 0.2) is 27.8 Å². The molecular weight excluding hydrogens is 315 g/mol. The molecule has 0 bridgehead atoms. The molecule has 0 fully saturated rings. The van der Waals surface area contributed by atoms with E-state index in [0.29, 0.717) is 6.07 Å². The molecule has 118 valence electrons. The smallest absolute Gasteiger partial charge is 0.431 e. The van der Waals surface area contributed by atoms with E-state index in [2.05, 4.69) is 0 Å². The lowest BCUT2D eigenvalue weighted by Gasteiger charge is -2.14. The van der Waals surface area contributed by atoms with Gasteiger partial charge in [-0.05, 0) is 0 Å². The first-order chi connectivity index (χ1) is 10.0. The van der Waals surface area contributed by atoms with Gasteiger partial charge in [-0.3, -0.25) is 9.36 Å². The molecule has 0 amide bonds. The van der Waals surface area contributed by atoms with E-state index in [9.17, 15) is 36.6 Å². The van der Waals surface area contributed by atoms with Crippen molar-refractivity contribution >= 4 is 0 Å². The summed E-state index contributed by atoms with van der Waals surface area (Å²) >= 11 is 0. The second-order valence-corrected chi connectivity index (χ2v) is 4.30. The van der Waals surface area contributed by atoms with E-state index in [1.54, 1.807) is 0 Å². The highest BCUT2D eigenvalue weighted by atomic mass is 19.4. The maximum atomic E-state index is 13.7. The molecule has 2 aromatic rings. The van der Waals surface area contributed by atoms with Gasteiger partial charge in [-0.25, -0.2) is 18.1 Å². The normalized spacial score (nSPS) is 11.7. The van der Waals surface area contributed by atoms with Crippen LogP contribution in [0.1, 0.15) is 5.69 Å². The Kier molecular flexibility index (Phi) is 3.55. The molecule has 0 aliphatic heterocycles. The molecule has 0 radical (unpaired) electrons. The molecule has 0 aliphatic rings. The predicted octanol–water partition coefficient (Wildman–Crippen LogP) is 1.54. The highest BCUT2D eigenvalue weighted by molar-refractivity contribution is 5.47. The second kappa shape index (κ2) is 4.97. The number of phenols is 1. The molecule has 1 aromatic carbocycles. The molecule has 0 aliphatic carbocycles. The van der Waals surface area contributed by atoms with Crippen molar-refractivity contribution in [2.75, 3.05) is 0 Å². The Hall–Kier alpha value is -2.65. The maximum absolute atomic E-state index is 13.7. The molecule has 0 saturated heterocycles. The summed E-state index contributed by atoms with van der Waals surface area (Å²) in [5.74, 6) is -3.76. The number of hydrogen-bond donors (Lipinski definition) is 1. The fourth-order valence-corrected chi connectivity index (χ4v) is 1.88. The van der Waals surface area contributed by atoms with Gasteiger partial charge in [0.2, 0.25) is 0 Å². The molecule has 22 heavy (non-hydrogen) atoms. The lowest BCUT2D eigenvalue weighted by atomic mass is 10.2. The minimum absolute atomic E-state index is 0.0145. The first-order valence-electron chi connectivity index (χ1n) is 5.62. The molecule has 5 nitrogen and oxygen atoms in total. The molecule has 10 heteroatoms. The van der Waals surface area contributed by atoms with Gasteiger partial charge in [0.25, 0.3) is 5.56 Å². The highest BCUT2D eigenvalue weighted by Crippen LogP contribution is 2.28. The molecule has 0 saturated carbocycles. The number of alkyl halides is 3. The van der Waals surface area contributed by atoms with Gasteiger partial charge in [-0.2, -0.15) is 13.2 Å². The minimum atomic E-state index is -4.98. The van der Waals surface area contributed by atoms with Gasteiger partial charge < -0.3 is 5.11 Å². The van der Waals surface area contributed by atoms with Crippen LogP contribution in [-0.4, -0.2) is 14.2 Å². The number of nitrogens with zero attached hydrogens (tertiary/aromatic N) is 2. The summed E-state index contributed by atoms with van der Waals surface area (Å²) in [5.41, 5.74) is -5.63. The quantitative estimate of drug-likeness (QED) is 0.810. The Morgan fingerprint density at radius 1 is 1.09 bits per heavy atom. The van der Waals surface area contributed by atoms with Crippen molar-refractivity contribution in [2.24, 2.45) is 7.05 Å². The van der Waals surface area contributed by atoms with Gasteiger partial charge in [0.1, 0.15) is 22.9 Å². The standard InChI is InChI=1S/C12H7F5N2O3/c1-18-8(12(15,16)17)4-9(21)19(11(18)22)10-6(14)2-5(13)3-7(10)20/h2-4,20H,1H3. The zero-order chi connectivity index (χ0) is 16.8. The van der Waals surface area contributed by atoms with Crippen LogP contribution in [0.2, 0.25) is 0 Å². The van der Waals surface area contributed by atoms with Crippen LogP contribution >= 0.6 is 0 Å². The van der Waals surface area contributed by atoms with Crippen molar-refractivity contribution in [1.29, 1.82) is 0 Å². The van der Waals surface area contributed by atoms with E-state index in [-0.39, 0.29) is 21.3 Å². The summed E-state index contributed by atoms with van der Waals surface area (Å²) < 4.78 is 64.7. The summed E-state index contributed by atoms with van der Waals surface area (Å²) in [4.78, 5) is 23.6. The number of hydrogen-bond acceptors (Lipinski definition) is 3. The predicted molar refractivity (Wildman–Crippen MR) is 63.9 cm³/mol. The van der Waals surface area contributed by atoms with Crippen LogP contribution in [0.3, 0.4) is 0 Å². The van der Waals surface area contributed by atoms with Crippen LogP contribution in [0.5, 0.6) is 5.75 Å². The van der Waals surface area contributed by atoms with Gasteiger partial charge >= 0.3 is 11.9 Å². The van der Waals surface area contributed by atoms with Crippen molar-refractivity contribution < 1.29 is 27.1 Å². The van der Waals surface area contributed by atoms with Crippen LogP contribution in [0, 0.1) is 11.6 Å². The van der Waals surface area contributed by atoms with Crippen LogP contribution in [-0.2, 0) is 13.2 Å². The van der Waals surface area contributed by atoms with Crippen LogP contribution in [0.4, 0.5) is 22.0 Å². The molecule has 1 N–H and O–H groups in total. The number of aromatic hydroxyl groups is 1. The molecule has 2 rings (SSSR count). The Labute approximate surface area is 118 Å². The summed E-state index contributed by atoms with van der Waals surface area (Å²) in [6.07, 6.45) is -4.98. The SMILES string of the molecule is Cn1c(C(F)(F)F)cc(=O)n(-c2c(O)cc(F)cc2F)c1=O. The van der Waals surface area contributed by atoms with Crippen molar-refractivity contribution in [1.82, 2.24) is 9.13 Å². The number of benzene rings is 1. The molecular formula is C12H7F5N2O3. The molecule has 1 aromatic heterocycles. The second-order valence-electron chi connectivity index (χ2n) is 4.30. The van der Waals surface area contributed by atoms with E-state index >= 15 is 0 Å². The van der Waals surface area contributed by atoms with Crippen LogP contribution < -0.4 is 11.2 Å². The summed E-state index contributed by atoms with van der Waals surface area (Å²) in [6.45, 7) is 0. The van der Waals surface area contributed by atoms with Gasteiger partial charge in [-0.1, -0.05) is 0 Å². The fourth-order valence-electron chi connectivity index (χ4n) is 1.88. The fraction of sp³-hybridized carbons (Fsp3) is 0.167. The molecule has 0 atom stereocenters. The Morgan fingerprint density at radius 3 is 2.18 bits per heavy atom. The lowest BCUT2D eigenvalue weighted by Crippen LogP contribution is -2.41. The lowest BCUT2D eigenvalue weighted by molar-refractivity contribution is -0.144. The molecule has 1 heterocycles. The monoisotopic (exact) mass is 322 g/mol. The average molecular weight is 322 g/mol. The van der Waals surface area contributed by atoms with Crippen LogP contribution in [0.25, 0.3) is 5.69 Å². The van der Waals surface area contributed by atoms with Gasteiger partial charge in [0.05, 0.1) is 0 Å². The molecule has 0 unspecified atom stereocenters. The summed E-state index contributed by atoms with van der Waals surface area (Å²) in [5, 5.41) is 9.48. The molecule has 0 spiro atoms.